The highest BCUT2D eigenvalue weighted by Gasteiger charge is 2.06. The van der Waals surface area contributed by atoms with Crippen molar-refractivity contribution in [2.75, 3.05) is 13.2 Å². The summed E-state index contributed by atoms with van der Waals surface area (Å²) in [6.07, 6.45) is -0.610. The molecule has 96 valence electrons. The van der Waals surface area contributed by atoms with Crippen molar-refractivity contribution in [2.24, 2.45) is 10.9 Å². The molecule has 1 aromatic rings. The molecule has 1 unspecified atom stereocenters. The molecule has 0 fully saturated rings. The van der Waals surface area contributed by atoms with Crippen LogP contribution in [0.4, 0.5) is 0 Å². The Morgan fingerprint density at radius 2 is 2.29 bits per heavy atom. The molecule has 0 aliphatic carbocycles. The van der Waals surface area contributed by atoms with Crippen molar-refractivity contribution in [3.63, 3.8) is 0 Å². The Bertz CT molecular complexity index is 338. The lowest BCUT2D eigenvalue weighted by molar-refractivity contribution is -0.0346. The maximum absolute atomic E-state index is 9.48. The highest BCUT2D eigenvalue weighted by Crippen LogP contribution is 2.07. The lowest BCUT2D eigenvalue weighted by Crippen LogP contribution is -2.23. The first kappa shape index (κ1) is 14.0. The van der Waals surface area contributed by atoms with Crippen LogP contribution >= 0.6 is 11.3 Å². The predicted octanol–water partition coefficient (Wildman–Crippen LogP) is 1.17. The average Bonchev–Trinajstić information content (AvgIpc) is 2.79. The van der Waals surface area contributed by atoms with Crippen LogP contribution in [-0.2, 0) is 9.57 Å². The maximum Gasteiger partial charge on any atom is 0.180 e. The van der Waals surface area contributed by atoms with Gasteiger partial charge in [-0.05, 0) is 25.3 Å². The topological polar surface area (TPSA) is 77.1 Å². The van der Waals surface area contributed by atoms with E-state index in [9.17, 15) is 5.11 Å². The van der Waals surface area contributed by atoms with Crippen LogP contribution in [0, 0.1) is 0 Å². The molecule has 0 spiro atoms. The number of aliphatic hydroxyl groups excluding tert-OH is 1. The molecule has 0 radical (unpaired) electrons. The fraction of sp³-hybridized carbons (Fsp3) is 0.545. The summed E-state index contributed by atoms with van der Waals surface area (Å²) in [5, 5.41) is 15.1. The summed E-state index contributed by atoms with van der Waals surface area (Å²) in [7, 11) is 0. The molecule has 6 heteroatoms. The second-order valence-electron chi connectivity index (χ2n) is 3.79. The van der Waals surface area contributed by atoms with Gasteiger partial charge in [0, 0.05) is 0 Å². The van der Waals surface area contributed by atoms with Gasteiger partial charge in [0.15, 0.2) is 5.84 Å². The zero-order chi connectivity index (χ0) is 12.7. The third-order valence-electron chi connectivity index (χ3n) is 1.83. The molecule has 17 heavy (non-hydrogen) atoms. The number of aliphatic hydroxyl groups is 1. The molecule has 0 saturated carbocycles. The summed E-state index contributed by atoms with van der Waals surface area (Å²) in [6, 6.07) is 3.73. The normalized spacial score (nSPS) is 14.0. The number of oxime groups is 1. The highest BCUT2D eigenvalue weighted by atomic mass is 32.1. The molecule has 0 aliphatic heterocycles. The molecule has 0 bridgehead atoms. The van der Waals surface area contributed by atoms with Gasteiger partial charge in [0.2, 0.25) is 0 Å². The Balaban J connectivity index is 2.24. The summed E-state index contributed by atoms with van der Waals surface area (Å²) in [4.78, 5) is 5.80. The van der Waals surface area contributed by atoms with Crippen LogP contribution in [0.1, 0.15) is 18.7 Å². The minimum Gasteiger partial charge on any atom is -0.391 e. The minimum absolute atomic E-state index is 0.0682. The van der Waals surface area contributed by atoms with Gasteiger partial charge in [-0.1, -0.05) is 11.2 Å². The third kappa shape index (κ3) is 5.67. The minimum atomic E-state index is -0.697. The fourth-order valence-electron chi connectivity index (χ4n) is 1.01. The van der Waals surface area contributed by atoms with Crippen molar-refractivity contribution in [1.29, 1.82) is 0 Å². The van der Waals surface area contributed by atoms with E-state index in [1.807, 2.05) is 31.4 Å². The predicted molar refractivity (Wildman–Crippen MR) is 68.1 cm³/mol. The van der Waals surface area contributed by atoms with Crippen LogP contribution in [0.15, 0.2) is 22.7 Å². The Morgan fingerprint density at radius 1 is 1.53 bits per heavy atom. The van der Waals surface area contributed by atoms with Gasteiger partial charge in [-0.15, -0.1) is 11.3 Å². The van der Waals surface area contributed by atoms with Crippen molar-refractivity contribution < 1.29 is 14.7 Å². The summed E-state index contributed by atoms with van der Waals surface area (Å²) in [6.45, 7) is 4.10. The number of thiophene rings is 1. The number of hydrogen-bond donors (Lipinski definition) is 2. The van der Waals surface area contributed by atoms with E-state index >= 15 is 0 Å². The van der Waals surface area contributed by atoms with Crippen LogP contribution in [-0.4, -0.2) is 36.4 Å². The Morgan fingerprint density at radius 3 is 2.88 bits per heavy atom. The van der Waals surface area contributed by atoms with E-state index in [1.54, 1.807) is 0 Å². The number of hydrogen-bond acceptors (Lipinski definition) is 5. The zero-order valence-corrected chi connectivity index (χ0v) is 10.8. The molecular weight excluding hydrogens is 240 g/mol. The van der Waals surface area contributed by atoms with Crippen LogP contribution in [0.2, 0.25) is 0 Å². The third-order valence-corrected chi connectivity index (χ3v) is 2.72. The quantitative estimate of drug-likeness (QED) is 0.437. The van der Waals surface area contributed by atoms with Crippen molar-refractivity contribution >= 4 is 17.2 Å². The zero-order valence-electron chi connectivity index (χ0n) is 10.00. The lowest BCUT2D eigenvalue weighted by atomic mass is 10.4. The number of rotatable bonds is 7. The number of amidine groups is 1. The first-order valence-corrected chi connectivity index (χ1v) is 6.26. The number of nitrogens with zero attached hydrogens (tertiary/aromatic N) is 1. The van der Waals surface area contributed by atoms with E-state index in [-0.39, 0.29) is 19.3 Å². The van der Waals surface area contributed by atoms with Gasteiger partial charge < -0.3 is 20.4 Å². The van der Waals surface area contributed by atoms with E-state index in [0.717, 1.165) is 4.88 Å². The lowest BCUT2D eigenvalue weighted by Gasteiger charge is -2.12. The average molecular weight is 258 g/mol. The highest BCUT2D eigenvalue weighted by molar-refractivity contribution is 7.12. The molecule has 5 nitrogen and oxygen atoms in total. The monoisotopic (exact) mass is 258 g/mol. The first-order chi connectivity index (χ1) is 8.09. The maximum atomic E-state index is 9.48. The van der Waals surface area contributed by atoms with Crippen molar-refractivity contribution in [3.05, 3.63) is 22.4 Å². The van der Waals surface area contributed by atoms with Crippen LogP contribution in [0.25, 0.3) is 0 Å². The summed E-state index contributed by atoms with van der Waals surface area (Å²) >= 11 is 1.48. The van der Waals surface area contributed by atoms with Crippen LogP contribution in [0.3, 0.4) is 0 Å². The molecule has 1 rings (SSSR count). The van der Waals surface area contributed by atoms with Gasteiger partial charge in [-0.3, -0.25) is 0 Å². The van der Waals surface area contributed by atoms with E-state index in [4.69, 9.17) is 15.3 Å². The first-order valence-electron chi connectivity index (χ1n) is 5.38. The second-order valence-corrected chi connectivity index (χ2v) is 4.73. The molecular formula is C11H18N2O3S. The number of ether oxygens (including phenoxy) is 1. The smallest absolute Gasteiger partial charge is 0.180 e. The molecule has 0 aliphatic rings. The molecule has 1 aromatic heterocycles. The van der Waals surface area contributed by atoms with Crippen LogP contribution < -0.4 is 5.73 Å². The van der Waals surface area contributed by atoms with Crippen molar-refractivity contribution in [2.45, 2.75) is 26.1 Å². The van der Waals surface area contributed by atoms with Crippen molar-refractivity contribution in [1.82, 2.24) is 0 Å². The van der Waals surface area contributed by atoms with Gasteiger partial charge in [-0.2, -0.15) is 0 Å². The summed E-state index contributed by atoms with van der Waals surface area (Å²) < 4.78 is 5.23. The molecule has 0 amide bonds. The summed E-state index contributed by atoms with van der Waals surface area (Å²) in [5.41, 5.74) is 5.67. The fourth-order valence-corrected chi connectivity index (χ4v) is 1.63. The standard InChI is InChI=1S/C11H18N2O3S/c1-8(2)15-6-9(14)7-16-13-11(12)10-4-3-5-17-10/h3-5,8-9,14H,6-7H2,1-2H3,(H2,12,13). The summed E-state index contributed by atoms with van der Waals surface area (Å²) in [5.74, 6) is 0.317. The van der Waals surface area contributed by atoms with Gasteiger partial charge in [-0.25, -0.2) is 0 Å². The van der Waals surface area contributed by atoms with E-state index < -0.39 is 6.10 Å². The molecule has 1 atom stereocenters. The molecule has 1 heterocycles. The van der Waals surface area contributed by atoms with Gasteiger partial charge in [0.05, 0.1) is 17.6 Å². The Hall–Kier alpha value is -1.11. The van der Waals surface area contributed by atoms with Crippen molar-refractivity contribution in [3.8, 4) is 0 Å². The van der Waals surface area contributed by atoms with Gasteiger partial charge in [0.25, 0.3) is 0 Å². The molecule has 0 saturated heterocycles. The van der Waals surface area contributed by atoms with Gasteiger partial charge >= 0.3 is 0 Å². The Kier molecular flexibility index (Phi) is 5.96. The second kappa shape index (κ2) is 7.26. The van der Waals surface area contributed by atoms with Crippen LogP contribution in [0.5, 0.6) is 0 Å². The largest absolute Gasteiger partial charge is 0.391 e. The SMILES string of the molecule is CC(C)OCC(O)CO/N=C(/N)c1cccs1. The molecule has 3 N–H and O–H groups in total. The van der Waals surface area contributed by atoms with Gasteiger partial charge in [0.1, 0.15) is 12.7 Å². The van der Waals surface area contributed by atoms with E-state index in [1.165, 1.54) is 11.3 Å². The Labute approximate surface area is 105 Å². The molecule has 0 aromatic carbocycles. The van der Waals surface area contributed by atoms with E-state index in [2.05, 4.69) is 5.16 Å². The van der Waals surface area contributed by atoms with E-state index in [0.29, 0.717) is 5.84 Å². The number of nitrogens with two attached hydrogens (primary N) is 1.